The molecular weight excluding hydrogens is 358 g/mol. The summed E-state index contributed by atoms with van der Waals surface area (Å²) in [5.41, 5.74) is 1.40. The molecule has 2 aliphatic heterocycles. The van der Waals surface area contributed by atoms with E-state index in [2.05, 4.69) is 4.98 Å². The van der Waals surface area contributed by atoms with Crippen LogP contribution in [-0.2, 0) is 21.1 Å². The summed E-state index contributed by atoms with van der Waals surface area (Å²) in [5, 5.41) is -0.0278. The second-order valence-corrected chi connectivity index (χ2v) is 8.20. The molecule has 3 heterocycles. The summed E-state index contributed by atoms with van der Waals surface area (Å²) in [5.74, 6) is 0.436. The molecule has 0 spiro atoms. The van der Waals surface area contributed by atoms with Gasteiger partial charge in [0, 0.05) is 25.2 Å². The van der Waals surface area contributed by atoms with Crippen molar-refractivity contribution >= 4 is 15.7 Å². The quantitative estimate of drug-likeness (QED) is 0.787. The second-order valence-electron chi connectivity index (χ2n) is 6.20. The number of benzene rings is 1. The molecule has 4 rings (SSSR count). The summed E-state index contributed by atoms with van der Waals surface area (Å²) in [6.45, 7) is 2.15. The SMILES string of the molecule is COc1ccc(-c2nc3n(c2C(=O)N2CCOCC2)CCS3(=O)=O)cc1. The Morgan fingerprint density at radius 3 is 2.50 bits per heavy atom. The normalized spacial score (nSPS) is 18.6. The topological polar surface area (TPSA) is 90.7 Å². The smallest absolute Gasteiger partial charge is 0.272 e. The number of ether oxygens (including phenoxy) is 2. The van der Waals surface area contributed by atoms with Crippen molar-refractivity contribution in [2.45, 2.75) is 11.7 Å². The number of carbonyl (C=O) groups excluding carboxylic acids is 1. The number of morpholine rings is 1. The minimum absolute atomic E-state index is 0.0262. The van der Waals surface area contributed by atoms with Gasteiger partial charge in [-0.05, 0) is 24.3 Å². The van der Waals surface area contributed by atoms with Gasteiger partial charge in [0.05, 0.1) is 26.1 Å². The van der Waals surface area contributed by atoms with E-state index in [4.69, 9.17) is 9.47 Å². The molecule has 0 radical (unpaired) electrons. The van der Waals surface area contributed by atoms with E-state index < -0.39 is 9.84 Å². The zero-order valence-electron chi connectivity index (χ0n) is 14.3. The summed E-state index contributed by atoms with van der Waals surface area (Å²) in [6.07, 6.45) is 0. The number of nitrogens with zero attached hydrogens (tertiary/aromatic N) is 3. The predicted octanol–water partition coefficient (Wildman–Crippen LogP) is 0.818. The molecule has 0 N–H and O–H groups in total. The highest BCUT2D eigenvalue weighted by Crippen LogP contribution is 2.32. The van der Waals surface area contributed by atoms with Crippen molar-refractivity contribution in [1.82, 2.24) is 14.5 Å². The molecule has 8 nitrogen and oxygen atoms in total. The Bertz CT molecular complexity index is 944. The van der Waals surface area contributed by atoms with Crippen LogP contribution in [0.4, 0.5) is 0 Å². The number of carbonyl (C=O) groups is 1. The standard InChI is InChI=1S/C17H19N3O5S/c1-24-13-4-2-12(3-5-13)14-15(16(21)19-6-9-25-10-7-19)20-8-11-26(22,23)17(20)18-14/h2-5H,6-11H2,1H3. The van der Waals surface area contributed by atoms with E-state index in [1.54, 1.807) is 36.3 Å². The number of hydrogen-bond acceptors (Lipinski definition) is 6. The van der Waals surface area contributed by atoms with E-state index in [1.807, 2.05) is 0 Å². The van der Waals surface area contributed by atoms with Crippen LogP contribution < -0.4 is 4.74 Å². The molecule has 26 heavy (non-hydrogen) atoms. The van der Waals surface area contributed by atoms with Crippen LogP contribution in [0.25, 0.3) is 11.3 Å². The third kappa shape index (κ3) is 2.77. The maximum Gasteiger partial charge on any atom is 0.272 e. The van der Waals surface area contributed by atoms with E-state index in [-0.39, 0.29) is 23.4 Å². The molecule has 1 amide bonds. The molecular formula is C17H19N3O5S. The average molecular weight is 377 g/mol. The molecule has 0 atom stereocenters. The van der Waals surface area contributed by atoms with Gasteiger partial charge in [0.2, 0.25) is 15.0 Å². The largest absolute Gasteiger partial charge is 0.497 e. The van der Waals surface area contributed by atoms with Crippen molar-refractivity contribution in [3.8, 4) is 17.0 Å². The Balaban J connectivity index is 1.83. The molecule has 1 aromatic heterocycles. The van der Waals surface area contributed by atoms with Crippen molar-refractivity contribution in [3.05, 3.63) is 30.0 Å². The number of rotatable bonds is 3. The second kappa shape index (κ2) is 6.40. The van der Waals surface area contributed by atoms with Crippen LogP contribution in [0.2, 0.25) is 0 Å². The van der Waals surface area contributed by atoms with Crippen molar-refractivity contribution in [2.75, 3.05) is 39.2 Å². The van der Waals surface area contributed by atoms with Gasteiger partial charge in [-0.3, -0.25) is 4.79 Å². The molecule has 138 valence electrons. The van der Waals surface area contributed by atoms with Crippen molar-refractivity contribution < 1.29 is 22.7 Å². The van der Waals surface area contributed by atoms with Crippen LogP contribution in [0, 0.1) is 0 Å². The van der Waals surface area contributed by atoms with Crippen LogP contribution in [-0.4, -0.2) is 67.9 Å². The molecule has 1 fully saturated rings. The first kappa shape index (κ1) is 17.0. The number of sulfone groups is 1. The minimum Gasteiger partial charge on any atom is -0.497 e. The van der Waals surface area contributed by atoms with Crippen LogP contribution >= 0.6 is 0 Å². The first-order valence-corrected chi connectivity index (χ1v) is 10.0. The van der Waals surface area contributed by atoms with Gasteiger partial charge >= 0.3 is 0 Å². The molecule has 0 unspecified atom stereocenters. The highest BCUT2D eigenvalue weighted by molar-refractivity contribution is 7.91. The fraction of sp³-hybridized carbons (Fsp3) is 0.412. The lowest BCUT2D eigenvalue weighted by molar-refractivity contribution is 0.0296. The molecule has 1 aromatic carbocycles. The van der Waals surface area contributed by atoms with Crippen LogP contribution in [0.1, 0.15) is 10.5 Å². The zero-order chi connectivity index (χ0) is 18.3. The molecule has 2 aromatic rings. The number of hydrogen-bond donors (Lipinski definition) is 0. The van der Waals surface area contributed by atoms with Gasteiger partial charge in [-0.1, -0.05) is 0 Å². The first-order valence-electron chi connectivity index (χ1n) is 8.36. The lowest BCUT2D eigenvalue weighted by Crippen LogP contribution is -2.41. The molecule has 0 saturated carbocycles. The third-order valence-electron chi connectivity index (χ3n) is 4.66. The van der Waals surface area contributed by atoms with Crippen LogP contribution in [0.15, 0.2) is 29.4 Å². The van der Waals surface area contributed by atoms with Crippen LogP contribution in [0.5, 0.6) is 5.75 Å². The average Bonchev–Trinajstić information content (AvgIpc) is 3.19. The number of methoxy groups -OCH3 is 1. The zero-order valence-corrected chi connectivity index (χ0v) is 15.2. The lowest BCUT2D eigenvalue weighted by atomic mass is 10.1. The summed E-state index contributed by atoms with van der Waals surface area (Å²) >= 11 is 0. The molecule has 9 heteroatoms. The van der Waals surface area contributed by atoms with E-state index in [0.29, 0.717) is 49.0 Å². The summed E-state index contributed by atoms with van der Waals surface area (Å²) in [4.78, 5) is 19.2. The monoisotopic (exact) mass is 377 g/mol. The minimum atomic E-state index is -3.46. The van der Waals surface area contributed by atoms with Gasteiger partial charge in [-0.15, -0.1) is 0 Å². The van der Waals surface area contributed by atoms with Crippen molar-refractivity contribution in [3.63, 3.8) is 0 Å². The van der Waals surface area contributed by atoms with E-state index >= 15 is 0 Å². The van der Waals surface area contributed by atoms with Crippen LogP contribution in [0.3, 0.4) is 0 Å². The first-order chi connectivity index (χ1) is 12.5. The Hall–Kier alpha value is -2.39. The molecule has 2 aliphatic rings. The van der Waals surface area contributed by atoms with Crippen molar-refractivity contribution in [2.24, 2.45) is 0 Å². The lowest BCUT2D eigenvalue weighted by Gasteiger charge is -2.27. The Morgan fingerprint density at radius 2 is 1.85 bits per heavy atom. The van der Waals surface area contributed by atoms with Crippen molar-refractivity contribution in [1.29, 1.82) is 0 Å². The van der Waals surface area contributed by atoms with E-state index in [0.717, 1.165) is 0 Å². The molecule has 0 aliphatic carbocycles. The van der Waals surface area contributed by atoms with E-state index in [9.17, 15) is 13.2 Å². The fourth-order valence-electron chi connectivity index (χ4n) is 3.26. The highest BCUT2D eigenvalue weighted by Gasteiger charge is 2.37. The maximum absolute atomic E-state index is 13.1. The van der Waals surface area contributed by atoms with Gasteiger partial charge in [0.15, 0.2) is 0 Å². The number of fused-ring (bicyclic) bond motifs is 1. The number of imidazole rings is 1. The van der Waals surface area contributed by atoms with Gasteiger partial charge in [-0.25, -0.2) is 13.4 Å². The summed E-state index contributed by atoms with van der Waals surface area (Å²) in [6, 6.07) is 7.08. The van der Waals surface area contributed by atoms with Gasteiger partial charge in [0.25, 0.3) is 5.91 Å². The van der Waals surface area contributed by atoms with Gasteiger partial charge in [0.1, 0.15) is 17.1 Å². The molecule has 1 saturated heterocycles. The summed E-state index contributed by atoms with van der Waals surface area (Å²) < 4.78 is 36.6. The number of aromatic nitrogens is 2. The van der Waals surface area contributed by atoms with Gasteiger partial charge in [-0.2, -0.15) is 0 Å². The maximum atomic E-state index is 13.1. The Morgan fingerprint density at radius 1 is 1.15 bits per heavy atom. The Labute approximate surface area is 151 Å². The fourth-order valence-corrected chi connectivity index (χ4v) is 4.62. The van der Waals surface area contributed by atoms with Gasteiger partial charge < -0.3 is 18.9 Å². The third-order valence-corrected chi connectivity index (χ3v) is 6.25. The number of amides is 1. The van der Waals surface area contributed by atoms with E-state index in [1.165, 1.54) is 4.57 Å². The molecule has 0 bridgehead atoms. The highest BCUT2D eigenvalue weighted by atomic mass is 32.2. The summed E-state index contributed by atoms with van der Waals surface area (Å²) in [7, 11) is -1.89. The Kier molecular flexibility index (Phi) is 4.20. The predicted molar refractivity (Wildman–Crippen MR) is 93.0 cm³/mol.